The lowest BCUT2D eigenvalue weighted by molar-refractivity contribution is 0.0894. The van der Waals surface area contributed by atoms with Crippen LogP contribution in [0, 0.1) is 5.92 Å². The molecule has 0 aromatic heterocycles. The van der Waals surface area contributed by atoms with Gasteiger partial charge in [0.15, 0.2) is 0 Å². The van der Waals surface area contributed by atoms with Crippen LogP contribution in [-0.2, 0) is 5.54 Å². The summed E-state index contributed by atoms with van der Waals surface area (Å²) < 4.78 is 0. The number of hydrazine groups is 1. The highest BCUT2D eigenvalue weighted by atomic mass is 16.2. The maximum absolute atomic E-state index is 12.4. The fourth-order valence-electron chi connectivity index (χ4n) is 3.05. The SMILES string of the molecule is C=C[C@H](C)[C@](C)(NNC(=O)c1ccccc1)c1ccc2ccccc2c1. The molecule has 0 heterocycles. The van der Waals surface area contributed by atoms with Crippen LogP contribution in [-0.4, -0.2) is 5.91 Å². The Morgan fingerprint density at radius 3 is 2.35 bits per heavy atom. The Kier molecular flexibility index (Phi) is 5.19. The Labute approximate surface area is 154 Å². The smallest absolute Gasteiger partial charge is 0.265 e. The van der Waals surface area contributed by atoms with Crippen molar-refractivity contribution < 1.29 is 4.79 Å². The third kappa shape index (κ3) is 3.53. The van der Waals surface area contributed by atoms with Crippen molar-refractivity contribution in [2.45, 2.75) is 19.4 Å². The predicted octanol–water partition coefficient (Wildman–Crippen LogP) is 4.81. The number of nitrogens with one attached hydrogen (secondary N) is 2. The molecule has 1 amide bonds. The average molecular weight is 344 g/mol. The molecule has 0 radical (unpaired) electrons. The fourth-order valence-corrected chi connectivity index (χ4v) is 3.05. The van der Waals surface area contributed by atoms with E-state index in [1.807, 2.05) is 36.4 Å². The zero-order valence-corrected chi connectivity index (χ0v) is 15.2. The van der Waals surface area contributed by atoms with E-state index in [2.05, 4.69) is 61.6 Å². The lowest BCUT2D eigenvalue weighted by Crippen LogP contribution is -2.53. The first-order chi connectivity index (χ1) is 12.5. The molecule has 0 aliphatic rings. The number of hydrogen-bond donors (Lipinski definition) is 2. The molecule has 3 aromatic rings. The van der Waals surface area contributed by atoms with Crippen LogP contribution in [0.5, 0.6) is 0 Å². The molecule has 0 aliphatic heterocycles. The largest absolute Gasteiger partial charge is 0.287 e. The van der Waals surface area contributed by atoms with Crippen molar-refractivity contribution in [3.05, 3.63) is 96.6 Å². The number of carbonyl (C=O) groups is 1. The van der Waals surface area contributed by atoms with Crippen molar-refractivity contribution in [1.29, 1.82) is 0 Å². The molecule has 0 unspecified atom stereocenters. The topological polar surface area (TPSA) is 41.1 Å². The van der Waals surface area contributed by atoms with Crippen LogP contribution in [0.3, 0.4) is 0 Å². The molecule has 0 saturated heterocycles. The highest BCUT2D eigenvalue weighted by Gasteiger charge is 2.32. The second-order valence-electron chi connectivity index (χ2n) is 6.73. The zero-order valence-electron chi connectivity index (χ0n) is 15.2. The van der Waals surface area contributed by atoms with Gasteiger partial charge >= 0.3 is 0 Å². The molecule has 132 valence electrons. The Balaban J connectivity index is 1.90. The Morgan fingerprint density at radius 2 is 1.65 bits per heavy atom. The summed E-state index contributed by atoms with van der Waals surface area (Å²) in [7, 11) is 0. The van der Waals surface area contributed by atoms with E-state index in [9.17, 15) is 4.79 Å². The first-order valence-electron chi connectivity index (χ1n) is 8.79. The van der Waals surface area contributed by atoms with Gasteiger partial charge in [-0.1, -0.05) is 67.6 Å². The monoisotopic (exact) mass is 344 g/mol. The third-order valence-corrected chi connectivity index (χ3v) is 5.09. The summed E-state index contributed by atoms with van der Waals surface area (Å²) in [5, 5.41) is 2.36. The van der Waals surface area contributed by atoms with Crippen molar-refractivity contribution >= 4 is 16.7 Å². The van der Waals surface area contributed by atoms with Gasteiger partial charge < -0.3 is 0 Å². The Bertz CT molecular complexity index is 920. The van der Waals surface area contributed by atoms with E-state index < -0.39 is 5.54 Å². The van der Waals surface area contributed by atoms with Crippen LogP contribution < -0.4 is 10.9 Å². The number of hydrogen-bond acceptors (Lipinski definition) is 2. The van der Waals surface area contributed by atoms with Crippen LogP contribution in [0.2, 0.25) is 0 Å². The molecule has 2 atom stereocenters. The molecule has 3 nitrogen and oxygen atoms in total. The molecule has 0 fully saturated rings. The van der Waals surface area contributed by atoms with Crippen LogP contribution >= 0.6 is 0 Å². The first kappa shape index (κ1) is 17.9. The molecule has 0 bridgehead atoms. The molecule has 0 spiro atoms. The van der Waals surface area contributed by atoms with E-state index in [-0.39, 0.29) is 11.8 Å². The third-order valence-electron chi connectivity index (χ3n) is 5.09. The van der Waals surface area contributed by atoms with Crippen molar-refractivity contribution in [2.24, 2.45) is 5.92 Å². The molecule has 3 heteroatoms. The second-order valence-corrected chi connectivity index (χ2v) is 6.73. The summed E-state index contributed by atoms with van der Waals surface area (Å²) in [5.74, 6) is -0.0615. The van der Waals surface area contributed by atoms with Gasteiger partial charge in [-0.3, -0.25) is 10.2 Å². The zero-order chi connectivity index (χ0) is 18.6. The minimum atomic E-state index is -0.490. The van der Waals surface area contributed by atoms with Gasteiger partial charge in [-0.25, -0.2) is 5.43 Å². The average Bonchev–Trinajstić information content (AvgIpc) is 2.71. The summed E-state index contributed by atoms with van der Waals surface area (Å²) in [4.78, 5) is 12.4. The van der Waals surface area contributed by atoms with Gasteiger partial charge in [0.1, 0.15) is 0 Å². The maximum atomic E-state index is 12.4. The van der Waals surface area contributed by atoms with E-state index in [0.29, 0.717) is 5.56 Å². The van der Waals surface area contributed by atoms with Gasteiger partial charge in [0, 0.05) is 5.56 Å². The highest BCUT2D eigenvalue weighted by molar-refractivity contribution is 5.93. The van der Waals surface area contributed by atoms with Crippen LogP contribution in [0.15, 0.2) is 85.5 Å². The van der Waals surface area contributed by atoms with Crippen molar-refractivity contribution in [1.82, 2.24) is 10.9 Å². The van der Waals surface area contributed by atoms with Crippen molar-refractivity contribution in [3.63, 3.8) is 0 Å². The minimum absolute atomic E-state index is 0.0970. The van der Waals surface area contributed by atoms with Gasteiger partial charge in [-0.15, -0.1) is 6.58 Å². The van der Waals surface area contributed by atoms with Crippen LogP contribution in [0.1, 0.15) is 29.8 Å². The molecular weight excluding hydrogens is 320 g/mol. The predicted molar refractivity (Wildman–Crippen MR) is 108 cm³/mol. The normalized spacial score (nSPS) is 14.4. The molecular formula is C23H24N2O. The molecule has 2 N–H and O–H groups in total. The summed E-state index contributed by atoms with van der Waals surface area (Å²) in [5.41, 5.74) is 7.34. The molecule has 0 aliphatic carbocycles. The quantitative estimate of drug-likeness (QED) is 0.497. The number of carbonyl (C=O) groups excluding carboxylic acids is 1. The fraction of sp³-hybridized carbons (Fsp3) is 0.174. The van der Waals surface area contributed by atoms with Gasteiger partial charge in [-0.05, 0) is 47.4 Å². The van der Waals surface area contributed by atoms with E-state index in [1.165, 1.54) is 10.8 Å². The molecule has 26 heavy (non-hydrogen) atoms. The molecule has 3 rings (SSSR count). The Morgan fingerprint density at radius 1 is 1.00 bits per heavy atom. The summed E-state index contributed by atoms with van der Waals surface area (Å²) in [6.07, 6.45) is 1.90. The van der Waals surface area contributed by atoms with Gasteiger partial charge in [0.05, 0.1) is 5.54 Å². The number of benzene rings is 3. The summed E-state index contributed by atoms with van der Waals surface area (Å²) in [6, 6.07) is 23.8. The van der Waals surface area contributed by atoms with E-state index in [0.717, 1.165) is 5.56 Å². The lowest BCUT2D eigenvalue weighted by Gasteiger charge is -2.36. The number of fused-ring (bicyclic) bond motifs is 1. The molecule has 3 aromatic carbocycles. The van der Waals surface area contributed by atoms with Gasteiger partial charge in [0.25, 0.3) is 5.91 Å². The molecule has 0 saturated carbocycles. The maximum Gasteiger partial charge on any atom is 0.265 e. The lowest BCUT2D eigenvalue weighted by atomic mass is 9.80. The minimum Gasteiger partial charge on any atom is -0.287 e. The van der Waals surface area contributed by atoms with Crippen molar-refractivity contribution in [3.8, 4) is 0 Å². The van der Waals surface area contributed by atoms with E-state index in [1.54, 1.807) is 12.1 Å². The highest BCUT2D eigenvalue weighted by Crippen LogP contribution is 2.31. The number of amides is 1. The van der Waals surface area contributed by atoms with Gasteiger partial charge in [0.2, 0.25) is 0 Å². The van der Waals surface area contributed by atoms with Gasteiger partial charge in [-0.2, -0.15) is 0 Å². The standard InChI is InChI=1S/C23H24N2O/c1-4-17(2)23(3,25-24-22(26)19-11-6-5-7-12-19)21-15-14-18-10-8-9-13-20(18)16-21/h4-17,25H,1H2,2-3H3,(H,24,26)/t17-,23-/m0/s1. The summed E-state index contributed by atoms with van der Waals surface area (Å²) >= 11 is 0. The second kappa shape index (κ2) is 7.54. The number of rotatable bonds is 6. The van der Waals surface area contributed by atoms with E-state index >= 15 is 0 Å². The van der Waals surface area contributed by atoms with Crippen LogP contribution in [0.25, 0.3) is 10.8 Å². The van der Waals surface area contributed by atoms with E-state index in [4.69, 9.17) is 0 Å². The Hall–Kier alpha value is -2.91. The summed E-state index contributed by atoms with van der Waals surface area (Å²) in [6.45, 7) is 8.11. The van der Waals surface area contributed by atoms with Crippen molar-refractivity contribution in [2.75, 3.05) is 0 Å². The van der Waals surface area contributed by atoms with Crippen LogP contribution in [0.4, 0.5) is 0 Å². The first-order valence-corrected chi connectivity index (χ1v) is 8.79.